The zero-order valence-electron chi connectivity index (χ0n) is 13.8. The number of piperidine rings is 1. The summed E-state index contributed by atoms with van der Waals surface area (Å²) in [7, 11) is 0. The van der Waals surface area contributed by atoms with Gasteiger partial charge >= 0.3 is 0 Å². The number of amides is 2. The monoisotopic (exact) mass is 336 g/mol. The zero-order valence-corrected chi connectivity index (χ0v) is 13.8. The lowest BCUT2D eigenvalue weighted by Crippen LogP contribution is -2.46. The molecule has 0 aliphatic carbocycles. The van der Waals surface area contributed by atoms with E-state index in [9.17, 15) is 9.59 Å². The van der Waals surface area contributed by atoms with E-state index in [0.29, 0.717) is 18.7 Å². The molecule has 0 radical (unpaired) electrons. The fourth-order valence-corrected chi connectivity index (χ4v) is 2.76. The summed E-state index contributed by atoms with van der Waals surface area (Å²) in [6.45, 7) is 1.27. The van der Waals surface area contributed by atoms with E-state index >= 15 is 0 Å². The Hall–Kier alpha value is -3.02. The van der Waals surface area contributed by atoms with Crippen molar-refractivity contribution < 1.29 is 9.59 Å². The molecule has 1 saturated heterocycles. The highest BCUT2D eigenvalue weighted by molar-refractivity contribution is 5.94. The highest BCUT2D eigenvalue weighted by Gasteiger charge is 2.23. The maximum absolute atomic E-state index is 12.2. The van der Waals surface area contributed by atoms with Crippen molar-refractivity contribution in [3.05, 3.63) is 66.3 Å². The van der Waals surface area contributed by atoms with E-state index in [0.717, 1.165) is 18.4 Å². The van der Waals surface area contributed by atoms with Crippen LogP contribution >= 0.6 is 0 Å². The highest BCUT2D eigenvalue weighted by atomic mass is 16.2. The van der Waals surface area contributed by atoms with Gasteiger partial charge in [0.2, 0.25) is 5.91 Å². The van der Waals surface area contributed by atoms with Crippen molar-refractivity contribution in [3.8, 4) is 0 Å². The molecule has 1 fully saturated rings. The Morgan fingerprint density at radius 2 is 1.80 bits per heavy atom. The Bertz CT molecular complexity index is 739. The van der Waals surface area contributed by atoms with E-state index in [2.05, 4.69) is 15.3 Å². The summed E-state index contributed by atoms with van der Waals surface area (Å²) < 4.78 is 0. The lowest BCUT2D eigenvalue weighted by Gasteiger charge is -2.31. The molecule has 0 atom stereocenters. The molecule has 1 aliphatic heterocycles. The number of carbonyl (C=O) groups excluding carboxylic acids is 2. The molecule has 0 spiro atoms. The molecule has 2 amide bonds. The lowest BCUT2D eigenvalue weighted by atomic mass is 10.0. The smallest absolute Gasteiger partial charge is 0.253 e. The first kappa shape index (κ1) is 16.8. The summed E-state index contributed by atoms with van der Waals surface area (Å²) in [4.78, 5) is 34.2. The minimum absolute atomic E-state index is 0.0131. The molecular formula is C19H20N4O2. The summed E-state index contributed by atoms with van der Waals surface area (Å²) in [5.41, 5.74) is 1.45. The maximum atomic E-state index is 12.2. The summed E-state index contributed by atoms with van der Waals surface area (Å²) in [5, 5.41) is 3.01. The van der Waals surface area contributed by atoms with Gasteiger partial charge in [-0.3, -0.25) is 19.6 Å². The SMILES string of the molecule is O=C(NC1CCN(C(=O)/C=C/c2cccnc2)CC1)c1cccnc1. The van der Waals surface area contributed by atoms with Gasteiger partial charge in [0.05, 0.1) is 5.56 Å². The average molecular weight is 336 g/mol. The Morgan fingerprint density at radius 3 is 2.44 bits per heavy atom. The van der Waals surface area contributed by atoms with Crippen LogP contribution in [0, 0.1) is 0 Å². The number of hydrogen-bond acceptors (Lipinski definition) is 4. The van der Waals surface area contributed by atoms with Crippen LogP contribution in [-0.4, -0.2) is 45.8 Å². The Kier molecular flexibility index (Phi) is 5.51. The number of aromatic nitrogens is 2. The second-order valence-electron chi connectivity index (χ2n) is 5.93. The largest absolute Gasteiger partial charge is 0.349 e. The van der Waals surface area contributed by atoms with Gasteiger partial charge in [-0.2, -0.15) is 0 Å². The highest BCUT2D eigenvalue weighted by Crippen LogP contribution is 2.12. The minimum Gasteiger partial charge on any atom is -0.349 e. The van der Waals surface area contributed by atoms with Crippen LogP contribution in [0.15, 0.2) is 55.1 Å². The molecule has 0 bridgehead atoms. The Balaban J connectivity index is 1.47. The van der Waals surface area contributed by atoms with Crippen LogP contribution in [0.5, 0.6) is 0 Å². The maximum Gasteiger partial charge on any atom is 0.253 e. The van der Waals surface area contributed by atoms with Gasteiger partial charge < -0.3 is 10.2 Å². The van der Waals surface area contributed by atoms with Gasteiger partial charge in [-0.15, -0.1) is 0 Å². The van der Waals surface area contributed by atoms with E-state index < -0.39 is 0 Å². The Morgan fingerprint density at radius 1 is 1.08 bits per heavy atom. The van der Waals surface area contributed by atoms with Crippen LogP contribution in [0.1, 0.15) is 28.8 Å². The number of nitrogens with zero attached hydrogens (tertiary/aromatic N) is 3. The van der Waals surface area contributed by atoms with Crippen LogP contribution in [-0.2, 0) is 4.79 Å². The van der Waals surface area contributed by atoms with Crippen LogP contribution in [0.4, 0.5) is 0 Å². The molecule has 6 nitrogen and oxygen atoms in total. The summed E-state index contributed by atoms with van der Waals surface area (Å²) in [5.74, 6) is -0.129. The van der Waals surface area contributed by atoms with E-state index in [1.807, 2.05) is 12.1 Å². The van der Waals surface area contributed by atoms with Crippen molar-refractivity contribution in [1.82, 2.24) is 20.2 Å². The molecule has 0 unspecified atom stereocenters. The molecular weight excluding hydrogens is 316 g/mol. The molecule has 128 valence electrons. The first-order valence-corrected chi connectivity index (χ1v) is 8.30. The number of pyridine rings is 2. The third-order valence-electron chi connectivity index (χ3n) is 4.17. The molecule has 6 heteroatoms. The van der Waals surface area contributed by atoms with Gasteiger partial charge in [-0.1, -0.05) is 6.07 Å². The molecule has 1 N–H and O–H groups in total. The van der Waals surface area contributed by atoms with Gasteiger partial charge in [0.15, 0.2) is 0 Å². The summed E-state index contributed by atoms with van der Waals surface area (Å²) in [6.07, 6.45) is 11.4. The lowest BCUT2D eigenvalue weighted by molar-refractivity contribution is -0.126. The number of nitrogens with one attached hydrogen (secondary N) is 1. The molecule has 0 saturated carbocycles. The second kappa shape index (κ2) is 8.19. The molecule has 25 heavy (non-hydrogen) atoms. The Labute approximate surface area is 146 Å². The van der Waals surface area contributed by atoms with Crippen molar-refractivity contribution in [1.29, 1.82) is 0 Å². The van der Waals surface area contributed by atoms with Crippen molar-refractivity contribution in [2.45, 2.75) is 18.9 Å². The third kappa shape index (κ3) is 4.73. The molecule has 1 aliphatic rings. The first-order valence-electron chi connectivity index (χ1n) is 8.30. The van der Waals surface area contributed by atoms with Gasteiger partial charge in [0, 0.05) is 50.0 Å². The molecule has 3 rings (SSSR count). The van der Waals surface area contributed by atoms with Crippen LogP contribution in [0.3, 0.4) is 0 Å². The van der Waals surface area contributed by atoms with Gasteiger partial charge in [-0.25, -0.2) is 0 Å². The quantitative estimate of drug-likeness (QED) is 0.866. The van der Waals surface area contributed by atoms with Crippen molar-refractivity contribution in [3.63, 3.8) is 0 Å². The standard InChI is InChI=1S/C19H20N4O2/c24-18(6-5-15-3-1-9-20-13-15)23-11-7-17(8-12-23)22-19(25)16-4-2-10-21-14-16/h1-6,9-10,13-14,17H,7-8,11-12H2,(H,22,25)/b6-5+. The van der Waals surface area contributed by atoms with Crippen LogP contribution < -0.4 is 5.32 Å². The third-order valence-corrected chi connectivity index (χ3v) is 4.17. The van der Waals surface area contributed by atoms with Crippen molar-refractivity contribution in [2.24, 2.45) is 0 Å². The van der Waals surface area contributed by atoms with Crippen LogP contribution in [0.25, 0.3) is 6.08 Å². The molecule has 0 aromatic carbocycles. The number of rotatable bonds is 4. The predicted molar refractivity (Wildman–Crippen MR) is 94.6 cm³/mol. The van der Waals surface area contributed by atoms with E-state index in [-0.39, 0.29) is 17.9 Å². The van der Waals surface area contributed by atoms with Crippen molar-refractivity contribution in [2.75, 3.05) is 13.1 Å². The molecule has 3 heterocycles. The zero-order chi connectivity index (χ0) is 17.5. The molecule has 2 aromatic rings. The van der Waals surface area contributed by atoms with Gasteiger partial charge in [0.25, 0.3) is 5.91 Å². The van der Waals surface area contributed by atoms with Gasteiger partial charge in [-0.05, 0) is 42.7 Å². The van der Waals surface area contributed by atoms with E-state index in [1.54, 1.807) is 54.0 Å². The summed E-state index contributed by atoms with van der Waals surface area (Å²) in [6, 6.07) is 7.30. The number of carbonyl (C=O) groups is 2. The van der Waals surface area contributed by atoms with Crippen molar-refractivity contribution >= 4 is 17.9 Å². The first-order chi connectivity index (χ1) is 12.2. The minimum atomic E-state index is -0.116. The fourth-order valence-electron chi connectivity index (χ4n) is 2.76. The van der Waals surface area contributed by atoms with E-state index in [4.69, 9.17) is 0 Å². The van der Waals surface area contributed by atoms with Gasteiger partial charge in [0.1, 0.15) is 0 Å². The number of hydrogen-bond donors (Lipinski definition) is 1. The van der Waals surface area contributed by atoms with Crippen LogP contribution in [0.2, 0.25) is 0 Å². The average Bonchev–Trinajstić information content (AvgIpc) is 2.68. The topological polar surface area (TPSA) is 75.2 Å². The summed E-state index contributed by atoms with van der Waals surface area (Å²) >= 11 is 0. The fraction of sp³-hybridized carbons (Fsp3) is 0.263. The molecule has 2 aromatic heterocycles. The van der Waals surface area contributed by atoms with E-state index in [1.165, 1.54) is 0 Å². The second-order valence-corrected chi connectivity index (χ2v) is 5.93. The normalized spacial score (nSPS) is 15.3. The number of likely N-dealkylation sites (tertiary alicyclic amines) is 1. The predicted octanol–water partition coefficient (Wildman–Crippen LogP) is 1.91.